The number of aromatic nitrogens is 2. The first-order valence-corrected chi connectivity index (χ1v) is 7.76. The average molecular weight is 335 g/mol. The van der Waals surface area contributed by atoms with Crippen molar-refractivity contribution in [1.29, 1.82) is 5.26 Å². The summed E-state index contributed by atoms with van der Waals surface area (Å²) in [7, 11) is 0. The van der Waals surface area contributed by atoms with Crippen LogP contribution in [0.15, 0.2) is 18.2 Å². The summed E-state index contributed by atoms with van der Waals surface area (Å²) in [6.07, 6.45) is 3.42. The molecule has 1 aliphatic rings. The standard InChI is InChI=1S/C17H16F3N3O/c1-10(9-21)23-15-5-3-2-4-12(15)16(22-23)13-8-11(24-17(19)20)6-7-14(13)18/h6-8,10,17H,2-5H2,1H3. The highest BCUT2D eigenvalue weighted by molar-refractivity contribution is 5.67. The van der Waals surface area contributed by atoms with Gasteiger partial charge in [0, 0.05) is 16.8 Å². The molecule has 0 N–H and O–H groups in total. The molecule has 24 heavy (non-hydrogen) atoms. The SMILES string of the molecule is CC(C#N)n1nc(-c2cc(OC(F)F)ccc2F)c2c1CCCC2. The number of ether oxygens (including phenoxy) is 1. The number of fused-ring (bicyclic) bond motifs is 1. The van der Waals surface area contributed by atoms with Gasteiger partial charge in [0.25, 0.3) is 0 Å². The topological polar surface area (TPSA) is 50.8 Å². The molecule has 0 amide bonds. The van der Waals surface area contributed by atoms with Crippen molar-refractivity contribution in [2.45, 2.75) is 45.3 Å². The van der Waals surface area contributed by atoms with Crippen molar-refractivity contribution in [3.63, 3.8) is 0 Å². The molecule has 0 saturated heterocycles. The van der Waals surface area contributed by atoms with Crippen molar-refractivity contribution in [3.05, 3.63) is 35.3 Å². The molecule has 126 valence electrons. The van der Waals surface area contributed by atoms with Gasteiger partial charge in [0.1, 0.15) is 17.6 Å². The molecule has 0 saturated carbocycles. The minimum absolute atomic E-state index is 0.117. The monoisotopic (exact) mass is 335 g/mol. The fraction of sp³-hybridized carbons (Fsp3) is 0.412. The molecule has 0 bridgehead atoms. The Hall–Kier alpha value is -2.49. The molecule has 1 atom stereocenters. The van der Waals surface area contributed by atoms with Gasteiger partial charge in [0.15, 0.2) is 0 Å². The molecule has 0 spiro atoms. The highest BCUT2D eigenvalue weighted by atomic mass is 19.3. The van der Waals surface area contributed by atoms with Gasteiger partial charge in [-0.15, -0.1) is 0 Å². The summed E-state index contributed by atoms with van der Waals surface area (Å²) in [6, 6.07) is 5.14. The van der Waals surface area contributed by atoms with E-state index in [2.05, 4.69) is 15.9 Å². The highest BCUT2D eigenvalue weighted by Gasteiger charge is 2.25. The van der Waals surface area contributed by atoms with Gasteiger partial charge < -0.3 is 4.74 Å². The van der Waals surface area contributed by atoms with Crippen LogP contribution in [0.5, 0.6) is 5.75 Å². The third-order valence-electron chi connectivity index (χ3n) is 4.18. The van der Waals surface area contributed by atoms with E-state index in [1.807, 2.05) is 0 Å². The Morgan fingerprint density at radius 2 is 2.04 bits per heavy atom. The Morgan fingerprint density at radius 1 is 1.29 bits per heavy atom. The van der Waals surface area contributed by atoms with Crippen LogP contribution in [0.3, 0.4) is 0 Å². The van der Waals surface area contributed by atoms with Gasteiger partial charge in [-0.1, -0.05) is 0 Å². The maximum absolute atomic E-state index is 14.3. The molecule has 7 heteroatoms. The molecular formula is C17H16F3N3O. The van der Waals surface area contributed by atoms with Crippen LogP contribution >= 0.6 is 0 Å². The van der Waals surface area contributed by atoms with Crippen LogP contribution in [0, 0.1) is 17.1 Å². The van der Waals surface area contributed by atoms with Crippen molar-refractivity contribution in [1.82, 2.24) is 9.78 Å². The predicted octanol–water partition coefficient (Wildman–Crippen LogP) is 4.25. The number of hydrogen-bond donors (Lipinski definition) is 0. The first-order valence-electron chi connectivity index (χ1n) is 7.76. The molecule has 1 aromatic carbocycles. The Balaban J connectivity index is 2.13. The summed E-state index contributed by atoms with van der Waals surface area (Å²) in [4.78, 5) is 0. The van der Waals surface area contributed by atoms with Crippen molar-refractivity contribution in [3.8, 4) is 23.1 Å². The molecule has 0 aliphatic heterocycles. The molecule has 2 aromatic rings. The molecule has 1 aliphatic carbocycles. The molecule has 1 aromatic heterocycles. The molecule has 3 rings (SSSR count). The van der Waals surface area contributed by atoms with E-state index < -0.39 is 18.5 Å². The van der Waals surface area contributed by atoms with Gasteiger partial charge in [-0.05, 0) is 50.8 Å². The number of nitriles is 1. The lowest BCUT2D eigenvalue weighted by Gasteiger charge is -2.15. The molecular weight excluding hydrogens is 319 g/mol. The lowest BCUT2D eigenvalue weighted by Crippen LogP contribution is -2.12. The van der Waals surface area contributed by atoms with E-state index in [-0.39, 0.29) is 11.3 Å². The minimum atomic E-state index is -2.98. The van der Waals surface area contributed by atoms with Crippen LogP contribution in [0.1, 0.15) is 37.1 Å². The fourth-order valence-corrected chi connectivity index (χ4v) is 3.08. The van der Waals surface area contributed by atoms with Crippen molar-refractivity contribution in [2.24, 2.45) is 0 Å². The second-order valence-corrected chi connectivity index (χ2v) is 5.75. The third kappa shape index (κ3) is 2.96. The van der Waals surface area contributed by atoms with Crippen LogP contribution in [0.25, 0.3) is 11.3 Å². The summed E-state index contributed by atoms with van der Waals surface area (Å²) in [5.74, 6) is -0.673. The van der Waals surface area contributed by atoms with Gasteiger partial charge in [0.2, 0.25) is 0 Å². The fourth-order valence-electron chi connectivity index (χ4n) is 3.08. The van der Waals surface area contributed by atoms with E-state index in [9.17, 15) is 18.4 Å². The quantitative estimate of drug-likeness (QED) is 0.839. The van der Waals surface area contributed by atoms with E-state index in [0.717, 1.165) is 49.1 Å². The number of nitrogens with zero attached hydrogens (tertiary/aromatic N) is 3. The summed E-state index contributed by atoms with van der Waals surface area (Å²) in [6.45, 7) is -1.26. The van der Waals surface area contributed by atoms with Crippen LogP contribution < -0.4 is 4.74 Å². The molecule has 1 unspecified atom stereocenters. The summed E-state index contributed by atoms with van der Waals surface area (Å²) < 4.78 is 45.1. The van der Waals surface area contributed by atoms with E-state index in [4.69, 9.17) is 0 Å². The Morgan fingerprint density at radius 3 is 2.75 bits per heavy atom. The Labute approximate surface area is 137 Å². The van der Waals surface area contributed by atoms with Crippen LogP contribution in [-0.2, 0) is 12.8 Å². The van der Waals surface area contributed by atoms with Gasteiger partial charge in [0.05, 0.1) is 11.8 Å². The zero-order valence-corrected chi connectivity index (χ0v) is 13.1. The lowest BCUT2D eigenvalue weighted by molar-refractivity contribution is -0.0498. The largest absolute Gasteiger partial charge is 0.435 e. The van der Waals surface area contributed by atoms with Gasteiger partial charge in [-0.3, -0.25) is 4.68 Å². The van der Waals surface area contributed by atoms with Crippen molar-refractivity contribution in [2.75, 3.05) is 0 Å². The number of rotatable bonds is 4. The predicted molar refractivity (Wildman–Crippen MR) is 81.2 cm³/mol. The van der Waals surface area contributed by atoms with E-state index >= 15 is 0 Å². The Bertz CT molecular complexity index is 795. The number of hydrogen-bond acceptors (Lipinski definition) is 3. The molecule has 1 heterocycles. The van der Waals surface area contributed by atoms with Gasteiger partial charge in [-0.2, -0.15) is 19.1 Å². The maximum Gasteiger partial charge on any atom is 0.387 e. The summed E-state index contributed by atoms with van der Waals surface area (Å²) in [5, 5.41) is 13.6. The minimum Gasteiger partial charge on any atom is -0.435 e. The second kappa shape index (κ2) is 6.56. The van der Waals surface area contributed by atoms with Crippen LogP contribution in [-0.4, -0.2) is 16.4 Å². The number of halogens is 3. The average Bonchev–Trinajstić information content (AvgIpc) is 2.95. The van der Waals surface area contributed by atoms with Gasteiger partial charge in [-0.25, -0.2) is 4.39 Å². The normalized spacial score (nSPS) is 15.0. The third-order valence-corrected chi connectivity index (χ3v) is 4.18. The highest BCUT2D eigenvalue weighted by Crippen LogP contribution is 2.35. The summed E-state index contributed by atoms with van der Waals surface area (Å²) >= 11 is 0. The number of benzene rings is 1. The van der Waals surface area contributed by atoms with E-state index in [0.29, 0.717) is 5.69 Å². The number of alkyl halides is 2. The zero-order chi connectivity index (χ0) is 17.3. The summed E-state index contributed by atoms with van der Waals surface area (Å²) in [5.41, 5.74) is 2.33. The maximum atomic E-state index is 14.3. The zero-order valence-electron chi connectivity index (χ0n) is 13.1. The van der Waals surface area contributed by atoms with Crippen molar-refractivity contribution < 1.29 is 17.9 Å². The van der Waals surface area contributed by atoms with Crippen LogP contribution in [0.4, 0.5) is 13.2 Å². The first-order chi connectivity index (χ1) is 11.5. The smallest absolute Gasteiger partial charge is 0.387 e. The van der Waals surface area contributed by atoms with E-state index in [1.165, 1.54) is 6.07 Å². The van der Waals surface area contributed by atoms with E-state index in [1.54, 1.807) is 11.6 Å². The first kappa shape index (κ1) is 16.4. The molecule has 0 radical (unpaired) electrons. The van der Waals surface area contributed by atoms with Crippen molar-refractivity contribution >= 4 is 0 Å². The molecule has 4 nitrogen and oxygen atoms in total. The Kier molecular flexibility index (Phi) is 4.47. The van der Waals surface area contributed by atoms with Gasteiger partial charge >= 0.3 is 6.61 Å². The lowest BCUT2D eigenvalue weighted by atomic mass is 9.93. The molecule has 0 fully saturated rings. The van der Waals surface area contributed by atoms with Crippen LogP contribution in [0.2, 0.25) is 0 Å². The second-order valence-electron chi connectivity index (χ2n) is 5.75.